The van der Waals surface area contributed by atoms with E-state index in [-0.39, 0.29) is 0 Å². The van der Waals surface area contributed by atoms with Crippen LogP contribution in [-0.2, 0) is 6.42 Å². The molecule has 0 atom stereocenters. The molecule has 0 amide bonds. The maximum Gasteiger partial charge on any atom is 0.148 e. The number of fused-ring (bicyclic) bond motifs is 1. The van der Waals surface area contributed by atoms with E-state index in [4.69, 9.17) is 16.0 Å². The molecule has 0 radical (unpaired) electrons. The van der Waals surface area contributed by atoms with Gasteiger partial charge in [0.25, 0.3) is 0 Å². The van der Waals surface area contributed by atoms with Crippen LogP contribution in [0.15, 0.2) is 27.3 Å². The molecule has 4 heteroatoms. The lowest BCUT2D eigenvalue weighted by atomic mass is 10.1. The van der Waals surface area contributed by atoms with Crippen LogP contribution < -0.4 is 5.32 Å². The Kier molecular flexibility index (Phi) is 3.90. The van der Waals surface area contributed by atoms with E-state index in [1.54, 1.807) is 0 Å². The average molecular weight is 303 g/mol. The van der Waals surface area contributed by atoms with Gasteiger partial charge in [0.1, 0.15) is 5.58 Å². The maximum atomic E-state index is 6.03. The van der Waals surface area contributed by atoms with E-state index < -0.39 is 0 Å². The summed E-state index contributed by atoms with van der Waals surface area (Å²) in [6.07, 6.45) is 2.76. The molecule has 0 saturated carbocycles. The molecule has 2 aromatic rings. The summed E-state index contributed by atoms with van der Waals surface area (Å²) in [5.74, 6) is 0. The van der Waals surface area contributed by atoms with Crippen LogP contribution in [0.2, 0.25) is 5.02 Å². The Morgan fingerprint density at radius 2 is 2.25 bits per heavy atom. The standard InChI is InChI=1S/C12H13BrClNO/c1-2-15-4-3-8-7-16-12-10(8)5-9(14)6-11(12)13/h5-7,15H,2-4H2,1H3. The monoisotopic (exact) mass is 301 g/mol. The molecule has 1 aromatic carbocycles. The van der Waals surface area contributed by atoms with E-state index in [9.17, 15) is 0 Å². The summed E-state index contributed by atoms with van der Waals surface area (Å²) in [5, 5.41) is 5.12. The van der Waals surface area contributed by atoms with Crippen LogP contribution in [0.5, 0.6) is 0 Å². The summed E-state index contributed by atoms with van der Waals surface area (Å²) in [4.78, 5) is 0. The fourth-order valence-electron chi connectivity index (χ4n) is 1.71. The minimum Gasteiger partial charge on any atom is -0.463 e. The van der Waals surface area contributed by atoms with Crippen molar-refractivity contribution >= 4 is 38.5 Å². The van der Waals surface area contributed by atoms with Crippen molar-refractivity contribution in [2.24, 2.45) is 0 Å². The highest BCUT2D eigenvalue weighted by Gasteiger charge is 2.09. The topological polar surface area (TPSA) is 25.2 Å². The van der Waals surface area contributed by atoms with Crippen LogP contribution in [0.1, 0.15) is 12.5 Å². The summed E-state index contributed by atoms with van der Waals surface area (Å²) in [7, 11) is 0. The molecule has 2 rings (SSSR count). The lowest BCUT2D eigenvalue weighted by molar-refractivity contribution is 0.605. The third-order valence-corrected chi connectivity index (χ3v) is 3.30. The van der Waals surface area contributed by atoms with Crippen LogP contribution in [-0.4, -0.2) is 13.1 Å². The molecular weight excluding hydrogens is 289 g/mol. The molecule has 0 spiro atoms. The minimum absolute atomic E-state index is 0.727. The van der Waals surface area contributed by atoms with Crippen molar-refractivity contribution in [2.75, 3.05) is 13.1 Å². The van der Waals surface area contributed by atoms with E-state index in [1.807, 2.05) is 18.4 Å². The minimum atomic E-state index is 0.727. The van der Waals surface area contributed by atoms with Gasteiger partial charge in [0.15, 0.2) is 0 Å². The predicted octanol–water partition coefficient (Wildman–Crippen LogP) is 4.00. The van der Waals surface area contributed by atoms with Crippen LogP contribution in [0.3, 0.4) is 0 Å². The van der Waals surface area contributed by atoms with Gasteiger partial charge in [-0.2, -0.15) is 0 Å². The largest absolute Gasteiger partial charge is 0.463 e. The Morgan fingerprint density at radius 1 is 1.44 bits per heavy atom. The number of rotatable bonds is 4. The van der Waals surface area contributed by atoms with E-state index in [1.165, 1.54) is 5.56 Å². The van der Waals surface area contributed by atoms with Crippen LogP contribution in [0, 0.1) is 0 Å². The second-order valence-electron chi connectivity index (χ2n) is 3.63. The van der Waals surface area contributed by atoms with E-state index >= 15 is 0 Å². The van der Waals surface area contributed by atoms with Gasteiger partial charge in [-0.05, 0) is 53.1 Å². The molecule has 86 valence electrons. The first-order valence-corrected chi connectivity index (χ1v) is 6.45. The predicted molar refractivity (Wildman–Crippen MR) is 71.2 cm³/mol. The van der Waals surface area contributed by atoms with Crippen molar-refractivity contribution in [3.8, 4) is 0 Å². The quantitative estimate of drug-likeness (QED) is 0.864. The highest BCUT2D eigenvalue weighted by atomic mass is 79.9. The molecule has 0 fully saturated rings. The van der Waals surface area contributed by atoms with Crippen LogP contribution in [0.25, 0.3) is 11.0 Å². The maximum absolute atomic E-state index is 6.03. The average Bonchev–Trinajstić information content (AvgIpc) is 2.62. The van der Waals surface area contributed by atoms with Crippen LogP contribution >= 0.6 is 27.5 Å². The van der Waals surface area contributed by atoms with Gasteiger partial charge in [-0.15, -0.1) is 0 Å². The van der Waals surface area contributed by atoms with Crippen molar-refractivity contribution in [3.05, 3.63) is 33.5 Å². The lowest BCUT2D eigenvalue weighted by Gasteiger charge is -2.00. The van der Waals surface area contributed by atoms with Crippen molar-refractivity contribution in [1.29, 1.82) is 0 Å². The third-order valence-electron chi connectivity index (χ3n) is 2.49. The van der Waals surface area contributed by atoms with Crippen molar-refractivity contribution in [3.63, 3.8) is 0 Å². The Bertz CT molecular complexity index is 495. The fraction of sp³-hybridized carbons (Fsp3) is 0.333. The Hall–Kier alpha value is -0.510. The number of likely N-dealkylation sites (N-methyl/N-ethyl adjacent to an activating group) is 1. The van der Waals surface area contributed by atoms with Gasteiger partial charge < -0.3 is 9.73 Å². The summed E-state index contributed by atoms with van der Waals surface area (Å²) >= 11 is 9.48. The molecule has 0 bridgehead atoms. The molecule has 1 aromatic heterocycles. The van der Waals surface area contributed by atoms with E-state index in [2.05, 4.69) is 28.2 Å². The Morgan fingerprint density at radius 3 is 3.00 bits per heavy atom. The lowest BCUT2D eigenvalue weighted by Crippen LogP contribution is -2.15. The van der Waals surface area contributed by atoms with Gasteiger partial charge >= 0.3 is 0 Å². The Labute approximate surface area is 108 Å². The van der Waals surface area contributed by atoms with Crippen molar-refractivity contribution < 1.29 is 4.42 Å². The second kappa shape index (κ2) is 5.21. The number of benzene rings is 1. The number of hydrogen-bond acceptors (Lipinski definition) is 2. The van der Waals surface area contributed by atoms with Gasteiger partial charge in [0.2, 0.25) is 0 Å². The zero-order chi connectivity index (χ0) is 11.5. The molecule has 1 N–H and O–H groups in total. The van der Waals surface area contributed by atoms with Gasteiger partial charge in [-0.3, -0.25) is 0 Å². The molecular formula is C12H13BrClNO. The Balaban J connectivity index is 2.32. The number of halogens is 2. The first-order valence-electron chi connectivity index (χ1n) is 5.28. The summed E-state index contributed by atoms with van der Waals surface area (Å²) in [6, 6.07) is 3.80. The summed E-state index contributed by atoms with van der Waals surface area (Å²) in [5.41, 5.74) is 2.06. The normalized spacial score (nSPS) is 11.2. The highest BCUT2D eigenvalue weighted by Crippen LogP contribution is 2.31. The zero-order valence-corrected chi connectivity index (χ0v) is 11.4. The summed E-state index contributed by atoms with van der Waals surface area (Å²) < 4.78 is 6.44. The van der Waals surface area contributed by atoms with Gasteiger partial charge in [0, 0.05) is 10.4 Å². The zero-order valence-electron chi connectivity index (χ0n) is 9.02. The molecule has 0 unspecified atom stereocenters. The van der Waals surface area contributed by atoms with Crippen LogP contribution in [0.4, 0.5) is 0 Å². The van der Waals surface area contributed by atoms with Crippen molar-refractivity contribution in [1.82, 2.24) is 5.32 Å². The molecule has 1 heterocycles. The van der Waals surface area contributed by atoms with Gasteiger partial charge in [-0.1, -0.05) is 18.5 Å². The summed E-state index contributed by atoms with van der Waals surface area (Å²) in [6.45, 7) is 4.04. The smallest absolute Gasteiger partial charge is 0.148 e. The molecule has 0 aliphatic heterocycles. The molecule has 0 aliphatic carbocycles. The molecule has 2 nitrogen and oxygen atoms in total. The second-order valence-corrected chi connectivity index (χ2v) is 4.92. The van der Waals surface area contributed by atoms with E-state index in [0.29, 0.717) is 0 Å². The first-order chi connectivity index (χ1) is 7.72. The molecule has 0 saturated heterocycles. The van der Waals surface area contributed by atoms with Gasteiger partial charge in [0.05, 0.1) is 10.7 Å². The number of furan rings is 1. The number of hydrogen-bond donors (Lipinski definition) is 1. The third kappa shape index (κ3) is 2.42. The first kappa shape index (κ1) is 12.0. The number of nitrogens with one attached hydrogen (secondary N) is 1. The fourth-order valence-corrected chi connectivity index (χ4v) is 2.61. The molecule has 0 aliphatic rings. The van der Waals surface area contributed by atoms with E-state index in [0.717, 1.165) is 40.0 Å². The van der Waals surface area contributed by atoms with Gasteiger partial charge in [-0.25, -0.2) is 0 Å². The highest BCUT2D eigenvalue weighted by molar-refractivity contribution is 9.10. The SMILES string of the molecule is CCNCCc1coc2c(Br)cc(Cl)cc12. The van der Waals surface area contributed by atoms with Crippen molar-refractivity contribution in [2.45, 2.75) is 13.3 Å². The molecule has 16 heavy (non-hydrogen) atoms.